The van der Waals surface area contributed by atoms with E-state index < -0.39 is 0 Å². The van der Waals surface area contributed by atoms with E-state index in [9.17, 15) is 4.79 Å². The van der Waals surface area contributed by atoms with Crippen molar-refractivity contribution in [2.24, 2.45) is 0 Å². The molecule has 2 rings (SSSR count). The van der Waals surface area contributed by atoms with Crippen LogP contribution in [0.5, 0.6) is 0 Å². The van der Waals surface area contributed by atoms with Gasteiger partial charge in [0.15, 0.2) is 0 Å². The van der Waals surface area contributed by atoms with Crippen molar-refractivity contribution in [3.63, 3.8) is 0 Å². The Morgan fingerprint density at radius 3 is 3.07 bits per heavy atom. The number of nitrogens with zero attached hydrogens (tertiary/aromatic N) is 2. The average molecular weight is 192 g/mol. The number of aromatic amines is 1. The van der Waals surface area contributed by atoms with E-state index in [1.165, 1.54) is 12.5 Å². The lowest BCUT2D eigenvalue weighted by molar-refractivity contribution is 0.102. The first kappa shape index (κ1) is 8.49. The van der Waals surface area contributed by atoms with Crippen molar-refractivity contribution in [1.29, 1.82) is 0 Å². The summed E-state index contributed by atoms with van der Waals surface area (Å²) < 4.78 is 4.77. The van der Waals surface area contributed by atoms with Crippen molar-refractivity contribution in [2.75, 3.05) is 5.32 Å². The molecule has 2 N–H and O–H groups in total. The monoisotopic (exact) mass is 192 g/mol. The van der Waals surface area contributed by atoms with Crippen molar-refractivity contribution < 1.29 is 9.21 Å². The molecule has 0 saturated carbocycles. The minimum absolute atomic E-state index is 0.258. The Bertz CT molecular complexity index is 432. The molecule has 0 aromatic carbocycles. The molecule has 0 fully saturated rings. The van der Waals surface area contributed by atoms with Gasteiger partial charge in [0.1, 0.15) is 12.1 Å². The molecule has 0 saturated heterocycles. The summed E-state index contributed by atoms with van der Waals surface area (Å²) >= 11 is 0. The molecule has 0 unspecified atom stereocenters. The number of anilines is 1. The largest absolute Gasteiger partial charge is 0.472 e. The predicted octanol–water partition coefficient (Wildman–Crippen LogP) is 0.958. The molecule has 1 amide bonds. The Morgan fingerprint density at radius 1 is 1.64 bits per heavy atom. The van der Waals surface area contributed by atoms with E-state index in [-0.39, 0.29) is 11.9 Å². The number of amides is 1. The molecule has 0 aliphatic carbocycles. The van der Waals surface area contributed by atoms with Crippen LogP contribution in [0.25, 0.3) is 0 Å². The molecule has 2 heterocycles. The highest BCUT2D eigenvalue weighted by molar-refractivity contribution is 6.02. The molecule has 6 heteroatoms. The minimum Gasteiger partial charge on any atom is -0.472 e. The van der Waals surface area contributed by atoms with Crippen LogP contribution >= 0.6 is 0 Å². The van der Waals surface area contributed by atoms with E-state index in [0.717, 1.165) is 0 Å². The van der Waals surface area contributed by atoms with Crippen LogP contribution in [0.3, 0.4) is 0 Å². The molecule has 0 aliphatic rings. The Morgan fingerprint density at radius 2 is 2.50 bits per heavy atom. The lowest BCUT2D eigenvalue weighted by atomic mass is 10.3. The lowest BCUT2D eigenvalue weighted by Crippen LogP contribution is -2.11. The molecule has 0 aliphatic heterocycles. The van der Waals surface area contributed by atoms with Crippen LogP contribution in [-0.2, 0) is 0 Å². The van der Waals surface area contributed by atoms with Crippen molar-refractivity contribution in [1.82, 2.24) is 15.2 Å². The summed E-state index contributed by atoms with van der Waals surface area (Å²) in [4.78, 5) is 15.4. The fraction of sp³-hybridized carbons (Fsp3) is 0.125. The van der Waals surface area contributed by atoms with Gasteiger partial charge in [-0.3, -0.25) is 15.2 Å². The topological polar surface area (TPSA) is 83.8 Å². The molecule has 72 valence electrons. The van der Waals surface area contributed by atoms with E-state index in [4.69, 9.17) is 4.42 Å². The molecule has 2 aromatic heterocycles. The van der Waals surface area contributed by atoms with Crippen LogP contribution < -0.4 is 5.32 Å². The number of hydrogen-bond donors (Lipinski definition) is 2. The number of nitrogens with one attached hydrogen (secondary N) is 2. The highest BCUT2D eigenvalue weighted by Crippen LogP contribution is 2.04. The number of hydrogen-bond acceptors (Lipinski definition) is 4. The van der Waals surface area contributed by atoms with Gasteiger partial charge in [-0.05, 0) is 13.0 Å². The first-order chi connectivity index (χ1) is 6.75. The minimum atomic E-state index is -0.294. The summed E-state index contributed by atoms with van der Waals surface area (Å²) in [6, 6.07) is 1.56. The summed E-state index contributed by atoms with van der Waals surface area (Å²) in [5.74, 6) is 0.610. The van der Waals surface area contributed by atoms with Gasteiger partial charge in [-0.2, -0.15) is 4.98 Å². The predicted molar refractivity (Wildman–Crippen MR) is 47.8 cm³/mol. The molecule has 6 nitrogen and oxygen atoms in total. The Labute approximate surface area is 79.3 Å². The summed E-state index contributed by atoms with van der Waals surface area (Å²) in [6.07, 6.45) is 2.78. The third kappa shape index (κ3) is 1.63. The van der Waals surface area contributed by atoms with Crippen LogP contribution in [0.4, 0.5) is 5.95 Å². The fourth-order valence-corrected chi connectivity index (χ4v) is 0.966. The van der Waals surface area contributed by atoms with Gasteiger partial charge in [0.2, 0.25) is 5.95 Å². The van der Waals surface area contributed by atoms with E-state index in [1.54, 1.807) is 13.0 Å². The third-order valence-electron chi connectivity index (χ3n) is 1.61. The van der Waals surface area contributed by atoms with Crippen LogP contribution in [0.2, 0.25) is 0 Å². The quantitative estimate of drug-likeness (QED) is 0.742. The number of rotatable bonds is 2. The third-order valence-corrected chi connectivity index (χ3v) is 1.61. The van der Waals surface area contributed by atoms with Crippen LogP contribution in [0, 0.1) is 6.92 Å². The van der Waals surface area contributed by atoms with Crippen LogP contribution in [-0.4, -0.2) is 21.1 Å². The van der Waals surface area contributed by atoms with Crippen LogP contribution in [0.1, 0.15) is 16.2 Å². The second-order valence-corrected chi connectivity index (χ2v) is 2.71. The average Bonchev–Trinajstić information content (AvgIpc) is 2.75. The normalized spacial score (nSPS) is 10.1. The molecular formula is C8H8N4O2. The number of carbonyl (C=O) groups is 1. The molecule has 0 spiro atoms. The van der Waals surface area contributed by atoms with Gasteiger partial charge in [0, 0.05) is 0 Å². The maximum Gasteiger partial charge on any atom is 0.261 e. The van der Waals surface area contributed by atoms with Gasteiger partial charge in [-0.1, -0.05) is 0 Å². The Hall–Kier alpha value is -2.11. The molecule has 0 radical (unpaired) electrons. The first-order valence-electron chi connectivity index (χ1n) is 3.98. The second kappa shape index (κ2) is 3.33. The number of aromatic nitrogens is 3. The van der Waals surface area contributed by atoms with E-state index >= 15 is 0 Å². The van der Waals surface area contributed by atoms with Crippen molar-refractivity contribution in [2.45, 2.75) is 6.92 Å². The zero-order chi connectivity index (χ0) is 9.97. The Balaban J connectivity index is 2.09. The summed E-state index contributed by atoms with van der Waals surface area (Å²) in [6.45, 7) is 1.75. The molecule has 14 heavy (non-hydrogen) atoms. The molecule has 2 aromatic rings. The van der Waals surface area contributed by atoms with E-state index in [1.807, 2.05) is 0 Å². The van der Waals surface area contributed by atoms with Crippen LogP contribution in [0.15, 0.2) is 23.0 Å². The number of H-pyrrole nitrogens is 1. The summed E-state index contributed by atoms with van der Waals surface area (Å²) in [5.41, 5.74) is 0.437. The molecule has 0 bridgehead atoms. The first-order valence-corrected chi connectivity index (χ1v) is 3.98. The number of carbonyl (C=O) groups excluding carboxylic acids is 1. The molecular weight excluding hydrogens is 184 g/mol. The van der Waals surface area contributed by atoms with Gasteiger partial charge in [-0.25, -0.2) is 0 Å². The zero-order valence-corrected chi connectivity index (χ0v) is 7.44. The highest BCUT2D eigenvalue weighted by atomic mass is 16.3. The highest BCUT2D eigenvalue weighted by Gasteiger charge is 2.09. The van der Waals surface area contributed by atoms with E-state index in [0.29, 0.717) is 11.4 Å². The maximum absolute atomic E-state index is 11.4. The molecule has 0 atom stereocenters. The van der Waals surface area contributed by atoms with E-state index in [2.05, 4.69) is 20.5 Å². The van der Waals surface area contributed by atoms with Gasteiger partial charge in [0.25, 0.3) is 5.91 Å². The van der Waals surface area contributed by atoms with Crippen molar-refractivity contribution in [3.8, 4) is 0 Å². The number of furan rings is 1. The van der Waals surface area contributed by atoms with Gasteiger partial charge in [0.05, 0.1) is 11.8 Å². The van der Waals surface area contributed by atoms with Gasteiger partial charge in [-0.15, -0.1) is 5.10 Å². The SMILES string of the molecule is Cc1nc(NC(=O)c2ccoc2)n[nH]1. The van der Waals surface area contributed by atoms with Crippen molar-refractivity contribution in [3.05, 3.63) is 30.0 Å². The zero-order valence-electron chi connectivity index (χ0n) is 7.44. The second-order valence-electron chi connectivity index (χ2n) is 2.71. The van der Waals surface area contributed by atoms with Gasteiger partial charge >= 0.3 is 0 Å². The smallest absolute Gasteiger partial charge is 0.261 e. The standard InChI is InChI=1S/C8H8N4O2/c1-5-9-8(12-11-5)10-7(13)6-2-3-14-4-6/h2-4H,1H3,(H2,9,10,11,12,13). The van der Waals surface area contributed by atoms with Crippen molar-refractivity contribution >= 4 is 11.9 Å². The fourth-order valence-electron chi connectivity index (χ4n) is 0.966. The summed E-state index contributed by atoms with van der Waals surface area (Å²) in [7, 11) is 0. The lowest BCUT2D eigenvalue weighted by Gasteiger charge is -1.95. The Kier molecular flexibility index (Phi) is 2.02. The number of aryl methyl sites for hydroxylation is 1. The summed E-state index contributed by atoms with van der Waals surface area (Å²) in [5, 5.41) is 8.90. The maximum atomic E-state index is 11.4. The van der Waals surface area contributed by atoms with Gasteiger partial charge < -0.3 is 4.42 Å².